The molecule has 0 bridgehead atoms. The SMILES string of the molecule is CN1CCN(Cc2cccc(-c3cc(-c4c(N5CCOCC5)sc5c4CC(C)(C)CC5=O)ccn3)c2)CC1. The first kappa shape index (κ1) is 25.7. The number of carbonyl (C=O) groups is 1. The minimum atomic E-state index is -0.0321. The quantitative estimate of drug-likeness (QED) is 0.451. The maximum atomic E-state index is 13.2. The van der Waals surface area contributed by atoms with E-state index in [1.807, 2.05) is 6.20 Å². The molecular formula is C31H38N4O2S. The average molecular weight is 531 g/mol. The number of thiophene rings is 1. The number of anilines is 1. The van der Waals surface area contributed by atoms with Crippen LogP contribution in [-0.4, -0.2) is 80.1 Å². The molecule has 2 aliphatic heterocycles. The largest absolute Gasteiger partial charge is 0.378 e. The molecule has 0 unspecified atom stereocenters. The fourth-order valence-corrected chi connectivity index (χ4v) is 7.36. The lowest BCUT2D eigenvalue weighted by Crippen LogP contribution is -2.43. The van der Waals surface area contributed by atoms with E-state index in [0.29, 0.717) is 6.42 Å². The first-order chi connectivity index (χ1) is 18.4. The number of rotatable bonds is 5. The second kappa shape index (κ2) is 10.5. The molecule has 1 aliphatic carbocycles. The molecule has 38 heavy (non-hydrogen) atoms. The predicted octanol–water partition coefficient (Wildman–Crippen LogP) is 5.22. The summed E-state index contributed by atoms with van der Waals surface area (Å²) in [4.78, 5) is 26.3. The number of nitrogens with zero attached hydrogens (tertiary/aromatic N) is 4. The summed E-state index contributed by atoms with van der Waals surface area (Å²) in [5, 5.41) is 1.21. The average Bonchev–Trinajstić information content (AvgIpc) is 3.29. The van der Waals surface area contributed by atoms with Gasteiger partial charge in [-0.25, -0.2) is 0 Å². The number of ether oxygens (including phenoxy) is 1. The van der Waals surface area contributed by atoms with E-state index in [9.17, 15) is 4.79 Å². The third kappa shape index (κ3) is 5.30. The summed E-state index contributed by atoms with van der Waals surface area (Å²) < 4.78 is 5.65. The second-order valence-electron chi connectivity index (χ2n) is 11.8. The van der Waals surface area contributed by atoms with E-state index in [2.05, 4.69) is 72.0 Å². The van der Waals surface area contributed by atoms with Crippen LogP contribution in [-0.2, 0) is 17.7 Å². The van der Waals surface area contributed by atoms with Gasteiger partial charge >= 0.3 is 0 Å². The first-order valence-electron chi connectivity index (χ1n) is 13.8. The van der Waals surface area contributed by atoms with E-state index in [1.165, 1.54) is 21.7 Å². The molecule has 6 rings (SSSR count). The number of morpholine rings is 1. The van der Waals surface area contributed by atoms with Crippen LogP contribution >= 0.6 is 11.3 Å². The van der Waals surface area contributed by atoms with Crippen molar-refractivity contribution >= 4 is 22.1 Å². The zero-order chi connectivity index (χ0) is 26.3. The van der Waals surface area contributed by atoms with Crippen LogP contribution in [0.4, 0.5) is 5.00 Å². The van der Waals surface area contributed by atoms with Gasteiger partial charge < -0.3 is 14.5 Å². The summed E-state index contributed by atoms with van der Waals surface area (Å²) in [7, 11) is 2.20. The van der Waals surface area contributed by atoms with Crippen molar-refractivity contribution in [2.45, 2.75) is 33.2 Å². The molecule has 2 aromatic heterocycles. The van der Waals surface area contributed by atoms with Crippen LogP contribution in [0.5, 0.6) is 0 Å². The first-order valence-corrected chi connectivity index (χ1v) is 14.7. The lowest BCUT2D eigenvalue weighted by molar-refractivity contribution is 0.0918. The van der Waals surface area contributed by atoms with Crippen molar-refractivity contribution in [1.29, 1.82) is 0 Å². The number of hydrogen-bond donors (Lipinski definition) is 0. The predicted molar refractivity (Wildman–Crippen MR) is 155 cm³/mol. The highest BCUT2D eigenvalue weighted by Gasteiger charge is 2.37. The van der Waals surface area contributed by atoms with Crippen molar-refractivity contribution in [2.75, 3.05) is 64.4 Å². The maximum Gasteiger partial charge on any atom is 0.173 e. The van der Waals surface area contributed by atoms with Crippen molar-refractivity contribution in [1.82, 2.24) is 14.8 Å². The molecule has 0 spiro atoms. The molecule has 0 atom stereocenters. The van der Waals surface area contributed by atoms with E-state index >= 15 is 0 Å². The highest BCUT2D eigenvalue weighted by atomic mass is 32.1. The molecule has 0 amide bonds. The standard InChI is InChI=1S/C31H38N4O2S/c1-31(2)19-25-28(30(35-13-15-37-16-14-35)38-29(25)27(36)20-31)24-7-8-32-26(18-24)23-6-4-5-22(17-23)21-34-11-9-33(3)10-12-34/h4-8,17-18H,9-16,19-21H2,1-3H3. The second-order valence-corrected chi connectivity index (χ2v) is 12.8. The van der Waals surface area contributed by atoms with E-state index in [4.69, 9.17) is 9.72 Å². The van der Waals surface area contributed by atoms with Crippen LogP contribution in [0.1, 0.15) is 41.1 Å². The summed E-state index contributed by atoms with van der Waals surface area (Å²) >= 11 is 1.69. The van der Waals surface area contributed by atoms with Gasteiger partial charge in [0.1, 0.15) is 0 Å². The molecule has 3 aliphatic rings. The topological polar surface area (TPSA) is 48.9 Å². The maximum absolute atomic E-state index is 13.2. The Kier molecular flexibility index (Phi) is 7.12. The molecule has 7 heteroatoms. The van der Waals surface area contributed by atoms with Gasteiger partial charge in [0.25, 0.3) is 0 Å². The number of aromatic nitrogens is 1. The van der Waals surface area contributed by atoms with E-state index in [0.717, 1.165) is 87.1 Å². The Morgan fingerprint density at radius 1 is 0.974 bits per heavy atom. The van der Waals surface area contributed by atoms with Gasteiger partial charge in [0.2, 0.25) is 0 Å². The normalized spacial score (nSPS) is 20.5. The van der Waals surface area contributed by atoms with Crippen molar-refractivity contribution in [3.63, 3.8) is 0 Å². The molecule has 6 nitrogen and oxygen atoms in total. The Hall–Kier alpha value is -2.58. The van der Waals surface area contributed by atoms with E-state index < -0.39 is 0 Å². The monoisotopic (exact) mass is 530 g/mol. The Bertz CT molecular complexity index is 1320. The summed E-state index contributed by atoms with van der Waals surface area (Å²) in [6.45, 7) is 13.0. The molecule has 0 saturated carbocycles. The highest BCUT2D eigenvalue weighted by molar-refractivity contribution is 7.19. The van der Waals surface area contributed by atoms with Crippen molar-refractivity contribution in [3.05, 3.63) is 58.6 Å². The van der Waals surface area contributed by atoms with Gasteiger partial charge in [-0.15, -0.1) is 11.3 Å². The Balaban J connectivity index is 1.36. The van der Waals surface area contributed by atoms with Crippen LogP contribution < -0.4 is 4.90 Å². The number of Topliss-reactive ketones (excluding diaryl/α,β-unsaturated/α-hetero) is 1. The fraction of sp³-hybridized carbons (Fsp3) is 0.484. The molecular weight excluding hydrogens is 492 g/mol. The number of likely N-dealkylation sites (N-methyl/N-ethyl adjacent to an activating group) is 1. The van der Waals surface area contributed by atoms with Crippen molar-refractivity contribution in [3.8, 4) is 22.4 Å². The lowest BCUT2D eigenvalue weighted by Gasteiger charge is -2.32. The number of piperazine rings is 1. The zero-order valence-electron chi connectivity index (χ0n) is 22.8. The summed E-state index contributed by atoms with van der Waals surface area (Å²) in [5.41, 5.74) is 7.03. The van der Waals surface area contributed by atoms with Gasteiger partial charge in [-0.05, 0) is 53.8 Å². The third-order valence-corrected chi connectivity index (χ3v) is 9.44. The van der Waals surface area contributed by atoms with Crippen LogP contribution in [0.25, 0.3) is 22.4 Å². The van der Waals surface area contributed by atoms with Gasteiger partial charge in [0, 0.05) is 69.6 Å². The van der Waals surface area contributed by atoms with Gasteiger partial charge in [0.15, 0.2) is 5.78 Å². The van der Waals surface area contributed by atoms with Crippen molar-refractivity contribution < 1.29 is 9.53 Å². The minimum absolute atomic E-state index is 0.0321. The molecule has 0 N–H and O–H groups in total. The van der Waals surface area contributed by atoms with Crippen LogP contribution in [0.15, 0.2) is 42.6 Å². The number of fused-ring (bicyclic) bond motifs is 1. The van der Waals surface area contributed by atoms with Crippen molar-refractivity contribution in [2.24, 2.45) is 5.41 Å². The van der Waals surface area contributed by atoms with Gasteiger partial charge in [-0.3, -0.25) is 14.7 Å². The summed E-state index contributed by atoms with van der Waals surface area (Å²) in [6.07, 6.45) is 3.47. The van der Waals surface area contributed by atoms with E-state index in [1.54, 1.807) is 11.3 Å². The smallest absolute Gasteiger partial charge is 0.173 e. The van der Waals surface area contributed by atoms with Gasteiger partial charge in [0.05, 0.1) is 28.8 Å². The molecule has 2 saturated heterocycles. The van der Waals surface area contributed by atoms with Crippen LogP contribution in [0, 0.1) is 5.41 Å². The zero-order valence-corrected chi connectivity index (χ0v) is 23.6. The fourth-order valence-electron chi connectivity index (χ4n) is 6.03. The number of benzene rings is 1. The Morgan fingerprint density at radius 3 is 2.55 bits per heavy atom. The third-order valence-electron chi connectivity index (χ3n) is 8.11. The number of pyridine rings is 1. The molecule has 0 radical (unpaired) electrons. The molecule has 200 valence electrons. The van der Waals surface area contributed by atoms with Crippen LogP contribution in [0.2, 0.25) is 0 Å². The molecule has 4 heterocycles. The highest BCUT2D eigenvalue weighted by Crippen LogP contribution is 2.49. The molecule has 2 fully saturated rings. The number of hydrogen-bond acceptors (Lipinski definition) is 7. The Morgan fingerprint density at radius 2 is 1.76 bits per heavy atom. The lowest BCUT2D eigenvalue weighted by atomic mass is 9.75. The molecule has 1 aromatic carbocycles. The summed E-state index contributed by atoms with van der Waals surface area (Å²) in [6, 6.07) is 13.2. The summed E-state index contributed by atoms with van der Waals surface area (Å²) in [5.74, 6) is 0.285. The van der Waals surface area contributed by atoms with Gasteiger partial charge in [-0.2, -0.15) is 0 Å². The molecule has 3 aromatic rings. The minimum Gasteiger partial charge on any atom is -0.378 e. The number of ketones is 1. The number of carbonyl (C=O) groups excluding carboxylic acids is 1. The Labute approximate surface area is 230 Å². The van der Waals surface area contributed by atoms with Crippen LogP contribution in [0.3, 0.4) is 0 Å². The van der Waals surface area contributed by atoms with E-state index in [-0.39, 0.29) is 11.2 Å². The van der Waals surface area contributed by atoms with Gasteiger partial charge in [-0.1, -0.05) is 32.0 Å².